The first-order valence-electron chi connectivity index (χ1n) is 6.25. The summed E-state index contributed by atoms with van der Waals surface area (Å²) in [6.07, 6.45) is 0. The summed E-state index contributed by atoms with van der Waals surface area (Å²) in [6.45, 7) is 1.65. The van der Waals surface area contributed by atoms with Crippen LogP contribution in [0.2, 0.25) is 0 Å². The summed E-state index contributed by atoms with van der Waals surface area (Å²) >= 11 is 0. The van der Waals surface area contributed by atoms with Gasteiger partial charge in [0.15, 0.2) is 11.5 Å². The lowest BCUT2D eigenvalue weighted by Crippen LogP contribution is -1.97. The molecule has 0 aliphatic carbocycles. The first kappa shape index (κ1) is 13.5. The number of aromatic nitrogens is 3. The van der Waals surface area contributed by atoms with Crippen LogP contribution in [0.4, 0.5) is 5.69 Å². The van der Waals surface area contributed by atoms with Crippen LogP contribution < -0.4 is 0 Å². The molecule has 0 bridgehead atoms. The van der Waals surface area contributed by atoms with Crippen molar-refractivity contribution in [3.63, 3.8) is 0 Å². The molecule has 1 aromatic carbocycles. The summed E-state index contributed by atoms with van der Waals surface area (Å²) in [5.74, 6) is 0.197. The topological polar surface area (TPSA) is 117 Å². The van der Waals surface area contributed by atoms with Crippen molar-refractivity contribution in [1.82, 2.24) is 14.6 Å². The summed E-state index contributed by atoms with van der Waals surface area (Å²) in [4.78, 5) is 14.4. The van der Waals surface area contributed by atoms with Gasteiger partial charge in [0.2, 0.25) is 0 Å². The fraction of sp³-hybridized carbons (Fsp3) is 0.0714. The zero-order valence-corrected chi connectivity index (χ0v) is 11.4. The molecule has 3 aromatic rings. The fourth-order valence-corrected chi connectivity index (χ4v) is 2.14. The molecule has 0 unspecified atom stereocenters. The molecule has 3 rings (SSSR count). The molecule has 2 aromatic heterocycles. The fourth-order valence-electron chi connectivity index (χ4n) is 2.14. The van der Waals surface area contributed by atoms with E-state index in [0.29, 0.717) is 22.7 Å². The zero-order valence-electron chi connectivity index (χ0n) is 11.4. The van der Waals surface area contributed by atoms with Crippen LogP contribution in [0.15, 0.2) is 30.3 Å². The maximum Gasteiger partial charge on any atom is 0.269 e. The Bertz CT molecular complexity index is 938. The summed E-state index contributed by atoms with van der Waals surface area (Å²) in [5, 5.41) is 33.8. The zero-order chi connectivity index (χ0) is 15.9. The van der Waals surface area contributed by atoms with E-state index < -0.39 is 4.92 Å². The third kappa shape index (κ3) is 2.01. The van der Waals surface area contributed by atoms with E-state index in [0.717, 1.165) is 0 Å². The van der Waals surface area contributed by atoms with Crippen LogP contribution in [-0.2, 0) is 0 Å². The van der Waals surface area contributed by atoms with Crippen LogP contribution in [0.5, 0.6) is 5.75 Å². The maximum absolute atomic E-state index is 10.7. The highest BCUT2D eigenvalue weighted by Gasteiger charge is 2.15. The van der Waals surface area contributed by atoms with Gasteiger partial charge >= 0.3 is 0 Å². The summed E-state index contributed by atoms with van der Waals surface area (Å²) in [6, 6.07) is 9.10. The molecule has 0 amide bonds. The van der Waals surface area contributed by atoms with Crippen LogP contribution in [-0.4, -0.2) is 24.6 Å². The predicted octanol–water partition coefficient (Wildman–Crippen LogP) is 2.19. The monoisotopic (exact) mass is 295 g/mol. The lowest BCUT2D eigenvalue weighted by Gasteiger charge is -2.02. The highest BCUT2D eigenvalue weighted by atomic mass is 16.6. The number of aryl methyl sites for hydroxylation is 1. The van der Waals surface area contributed by atoms with Gasteiger partial charge in [0.05, 0.1) is 10.6 Å². The van der Waals surface area contributed by atoms with Crippen molar-refractivity contribution in [1.29, 1.82) is 5.26 Å². The first-order chi connectivity index (χ1) is 10.5. The molecule has 0 saturated heterocycles. The molecule has 22 heavy (non-hydrogen) atoms. The second-order valence-corrected chi connectivity index (χ2v) is 4.61. The van der Waals surface area contributed by atoms with Gasteiger partial charge in [-0.15, -0.1) is 5.10 Å². The van der Waals surface area contributed by atoms with Crippen molar-refractivity contribution in [2.75, 3.05) is 0 Å². The van der Waals surface area contributed by atoms with Gasteiger partial charge in [-0.3, -0.25) is 10.1 Å². The van der Waals surface area contributed by atoms with Crippen molar-refractivity contribution in [2.45, 2.75) is 6.92 Å². The molecule has 0 aliphatic rings. The van der Waals surface area contributed by atoms with E-state index >= 15 is 0 Å². The van der Waals surface area contributed by atoms with E-state index in [-0.39, 0.29) is 17.0 Å². The van der Waals surface area contributed by atoms with Gasteiger partial charge in [-0.05, 0) is 19.1 Å². The molecule has 0 spiro atoms. The van der Waals surface area contributed by atoms with Crippen LogP contribution in [0.1, 0.15) is 11.3 Å². The second-order valence-electron chi connectivity index (χ2n) is 4.61. The molecule has 8 nitrogen and oxygen atoms in total. The Balaban J connectivity index is 2.15. The highest BCUT2D eigenvalue weighted by Crippen LogP contribution is 2.25. The first-order valence-corrected chi connectivity index (χ1v) is 6.25. The highest BCUT2D eigenvalue weighted by molar-refractivity contribution is 5.62. The standard InChI is InChI=1S/C14H9N5O3/c1-8-11(7-15)12(20)6-13-16-14(17-18(8)13)9-2-4-10(5-3-9)19(21)22/h2-6,20H,1H3. The summed E-state index contributed by atoms with van der Waals surface area (Å²) in [5.41, 5.74) is 1.58. The predicted molar refractivity (Wildman–Crippen MR) is 76.2 cm³/mol. The molecule has 0 saturated carbocycles. The molecule has 0 fully saturated rings. The lowest BCUT2D eigenvalue weighted by molar-refractivity contribution is -0.384. The van der Waals surface area contributed by atoms with Crippen molar-refractivity contribution in [3.05, 3.63) is 51.7 Å². The largest absolute Gasteiger partial charge is 0.506 e. The molecule has 108 valence electrons. The Labute approximate surface area is 124 Å². The van der Waals surface area contributed by atoms with E-state index in [4.69, 9.17) is 5.26 Å². The number of hydrogen-bond acceptors (Lipinski definition) is 6. The van der Waals surface area contributed by atoms with E-state index in [2.05, 4.69) is 10.1 Å². The van der Waals surface area contributed by atoms with Crippen molar-refractivity contribution >= 4 is 11.3 Å². The minimum Gasteiger partial charge on any atom is -0.506 e. The van der Waals surface area contributed by atoms with Crippen molar-refractivity contribution in [2.24, 2.45) is 0 Å². The van der Waals surface area contributed by atoms with Gasteiger partial charge < -0.3 is 5.11 Å². The van der Waals surface area contributed by atoms with E-state index in [1.807, 2.05) is 6.07 Å². The van der Waals surface area contributed by atoms with Gasteiger partial charge in [0, 0.05) is 23.8 Å². The van der Waals surface area contributed by atoms with Gasteiger partial charge in [-0.25, -0.2) is 9.50 Å². The third-order valence-electron chi connectivity index (χ3n) is 3.28. The number of nitrogens with zero attached hydrogens (tertiary/aromatic N) is 5. The molecule has 0 aliphatic heterocycles. The van der Waals surface area contributed by atoms with E-state index in [1.165, 1.54) is 22.7 Å². The smallest absolute Gasteiger partial charge is 0.269 e. The quantitative estimate of drug-likeness (QED) is 0.572. The number of rotatable bonds is 2. The normalized spacial score (nSPS) is 10.5. The summed E-state index contributed by atoms with van der Waals surface area (Å²) in [7, 11) is 0. The minimum absolute atomic E-state index is 0.0203. The number of fused-ring (bicyclic) bond motifs is 1. The van der Waals surface area contributed by atoms with E-state index in [1.54, 1.807) is 19.1 Å². The van der Waals surface area contributed by atoms with Crippen LogP contribution in [0, 0.1) is 28.4 Å². The van der Waals surface area contributed by atoms with Crippen LogP contribution >= 0.6 is 0 Å². The number of pyridine rings is 1. The van der Waals surface area contributed by atoms with Gasteiger partial charge in [-0.2, -0.15) is 5.26 Å². The Morgan fingerprint density at radius 1 is 1.36 bits per heavy atom. The average Bonchev–Trinajstić information content (AvgIpc) is 2.92. The molecule has 1 N–H and O–H groups in total. The van der Waals surface area contributed by atoms with E-state index in [9.17, 15) is 15.2 Å². The SMILES string of the molecule is Cc1c(C#N)c(O)cc2nc(-c3ccc([N+](=O)[O-])cc3)nn12. The molecule has 2 heterocycles. The number of non-ortho nitro benzene ring substituents is 1. The summed E-state index contributed by atoms with van der Waals surface area (Å²) < 4.78 is 1.45. The van der Waals surface area contributed by atoms with Crippen molar-refractivity contribution in [3.8, 4) is 23.2 Å². The Kier molecular flexibility index (Phi) is 2.96. The minimum atomic E-state index is -0.484. The van der Waals surface area contributed by atoms with Crippen LogP contribution in [0.3, 0.4) is 0 Å². The van der Waals surface area contributed by atoms with Crippen LogP contribution in [0.25, 0.3) is 17.0 Å². The Morgan fingerprint density at radius 3 is 2.64 bits per heavy atom. The number of aromatic hydroxyl groups is 1. The average molecular weight is 295 g/mol. The number of nitro groups is 1. The van der Waals surface area contributed by atoms with Gasteiger partial charge in [0.25, 0.3) is 5.69 Å². The Morgan fingerprint density at radius 2 is 2.05 bits per heavy atom. The number of nitriles is 1. The second kappa shape index (κ2) is 4.82. The Hall–Kier alpha value is -3.47. The molecule has 0 atom stereocenters. The molecule has 0 radical (unpaired) electrons. The lowest BCUT2D eigenvalue weighted by atomic mass is 10.2. The third-order valence-corrected chi connectivity index (χ3v) is 3.28. The van der Waals surface area contributed by atoms with Crippen molar-refractivity contribution < 1.29 is 10.0 Å². The molecular weight excluding hydrogens is 286 g/mol. The molecule has 8 heteroatoms. The number of benzene rings is 1. The van der Waals surface area contributed by atoms with Gasteiger partial charge in [0.1, 0.15) is 17.4 Å². The molecular formula is C14H9N5O3. The maximum atomic E-state index is 10.7. The van der Waals surface area contributed by atoms with Gasteiger partial charge in [-0.1, -0.05) is 0 Å². The number of nitro benzene ring substituents is 1. The number of hydrogen-bond donors (Lipinski definition) is 1.